The van der Waals surface area contributed by atoms with Gasteiger partial charge in [-0.1, -0.05) is 35.9 Å². The van der Waals surface area contributed by atoms with Crippen molar-refractivity contribution in [2.24, 2.45) is 5.10 Å². The van der Waals surface area contributed by atoms with Crippen LogP contribution < -0.4 is 10.7 Å². The fraction of sp³-hybridized carbons (Fsp3) is 0.0667. The lowest BCUT2D eigenvalue weighted by Crippen LogP contribution is -2.25. The highest BCUT2D eigenvalue weighted by Gasteiger charge is 2.02. The zero-order valence-electron chi connectivity index (χ0n) is 11.0. The summed E-state index contributed by atoms with van der Waals surface area (Å²) in [4.78, 5) is 11.6. The number of rotatable bonds is 5. The number of para-hydroxylation sites is 1. The second-order valence-corrected chi connectivity index (χ2v) is 4.59. The van der Waals surface area contributed by atoms with Gasteiger partial charge in [-0.05, 0) is 29.8 Å². The molecule has 0 heterocycles. The van der Waals surface area contributed by atoms with Crippen molar-refractivity contribution in [3.63, 3.8) is 0 Å². The molecule has 0 unspecified atom stereocenters. The van der Waals surface area contributed by atoms with E-state index in [9.17, 15) is 9.18 Å². The monoisotopic (exact) mass is 305 g/mol. The Labute approximate surface area is 126 Å². The second kappa shape index (κ2) is 7.40. The van der Waals surface area contributed by atoms with Crippen molar-refractivity contribution >= 4 is 29.4 Å². The number of carbonyl (C=O) groups is 1. The van der Waals surface area contributed by atoms with Crippen molar-refractivity contribution in [3.05, 3.63) is 64.9 Å². The third-order valence-corrected chi connectivity index (χ3v) is 2.92. The van der Waals surface area contributed by atoms with E-state index in [-0.39, 0.29) is 18.3 Å². The van der Waals surface area contributed by atoms with Gasteiger partial charge < -0.3 is 5.32 Å². The minimum absolute atomic E-state index is 0.0461. The Hall–Kier alpha value is -2.40. The summed E-state index contributed by atoms with van der Waals surface area (Å²) >= 11 is 5.95. The van der Waals surface area contributed by atoms with E-state index in [2.05, 4.69) is 15.8 Å². The van der Waals surface area contributed by atoms with Gasteiger partial charge in [-0.15, -0.1) is 0 Å². The van der Waals surface area contributed by atoms with E-state index in [4.69, 9.17) is 11.6 Å². The summed E-state index contributed by atoms with van der Waals surface area (Å²) in [5.74, 6) is -0.631. The molecule has 0 atom stereocenters. The third-order valence-electron chi connectivity index (χ3n) is 2.59. The summed E-state index contributed by atoms with van der Waals surface area (Å²) in [5.41, 5.74) is 3.73. The summed E-state index contributed by atoms with van der Waals surface area (Å²) in [6, 6.07) is 12.9. The fourth-order valence-electron chi connectivity index (χ4n) is 1.55. The molecule has 2 aromatic rings. The van der Waals surface area contributed by atoms with E-state index in [1.165, 1.54) is 18.3 Å². The van der Waals surface area contributed by atoms with E-state index < -0.39 is 0 Å². The van der Waals surface area contributed by atoms with Crippen LogP contribution in [0.2, 0.25) is 5.02 Å². The molecule has 2 rings (SSSR count). The number of hydrazone groups is 1. The molecule has 0 bridgehead atoms. The molecule has 4 nitrogen and oxygen atoms in total. The van der Waals surface area contributed by atoms with Crippen molar-refractivity contribution in [3.8, 4) is 0 Å². The maximum absolute atomic E-state index is 12.7. The van der Waals surface area contributed by atoms with Crippen molar-refractivity contribution in [1.82, 2.24) is 5.43 Å². The minimum atomic E-state index is -0.319. The van der Waals surface area contributed by atoms with Crippen LogP contribution in [0.3, 0.4) is 0 Å². The molecule has 0 aliphatic rings. The summed E-state index contributed by atoms with van der Waals surface area (Å²) < 4.78 is 12.7. The Morgan fingerprint density at radius 3 is 2.62 bits per heavy atom. The first-order valence-corrected chi connectivity index (χ1v) is 6.59. The van der Waals surface area contributed by atoms with E-state index in [1.807, 2.05) is 6.07 Å². The number of anilines is 1. The minimum Gasteiger partial charge on any atom is -0.375 e. The van der Waals surface area contributed by atoms with Gasteiger partial charge in [0.1, 0.15) is 5.82 Å². The molecular formula is C15H13ClFN3O. The predicted molar refractivity (Wildman–Crippen MR) is 82.1 cm³/mol. The maximum Gasteiger partial charge on any atom is 0.259 e. The molecule has 0 aliphatic carbocycles. The van der Waals surface area contributed by atoms with Crippen LogP contribution >= 0.6 is 11.6 Å². The van der Waals surface area contributed by atoms with Crippen LogP contribution in [-0.4, -0.2) is 18.7 Å². The molecule has 2 N–H and O–H groups in total. The first-order valence-electron chi connectivity index (χ1n) is 6.21. The van der Waals surface area contributed by atoms with Crippen LogP contribution in [0.4, 0.5) is 10.1 Å². The van der Waals surface area contributed by atoms with Crippen LogP contribution in [0.25, 0.3) is 0 Å². The molecule has 0 aromatic heterocycles. The summed E-state index contributed by atoms with van der Waals surface area (Å²) in [6.45, 7) is 0.0461. The number of hydrogen-bond acceptors (Lipinski definition) is 3. The molecule has 1 amide bonds. The topological polar surface area (TPSA) is 53.5 Å². The molecule has 6 heteroatoms. The average molecular weight is 306 g/mol. The number of amides is 1. The van der Waals surface area contributed by atoms with Crippen LogP contribution in [0.1, 0.15) is 5.56 Å². The van der Waals surface area contributed by atoms with Crippen LogP contribution in [-0.2, 0) is 4.79 Å². The Morgan fingerprint density at radius 2 is 1.90 bits per heavy atom. The Morgan fingerprint density at radius 1 is 1.19 bits per heavy atom. The molecule has 21 heavy (non-hydrogen) atoms. The van der Waals surface area contributed by atoms with Gasteiger partial charge in [0.05, 0.1) is 23.5 Å². The van der Waals surface area contributed by atoms with Crippen molar-refractivity contribution in [1.29, 1.82) is 0 Å². The smallest absolute Gasteiger partial charge is 0.259 e. The Balaban J connectivity index is 1.80. The highest BCUT2D eigenvalue weighted by atomic mass is 35.5. The lowest BCUT2D eigenvalue weighted by molar-refractivity contribution is -0.119. The number of nitrogens with zero attached hydrogens (tertiary/aromatic N) is 1. The third kappa shape index (κ3) is 4.89. The van der Waals surface area contributed by atoms with Crippen molar-refractivity contribution < 1.29 is 9.18 Å². The Bertz CT molecular complexity index is 644. The Kier molecular flexibility index (Phi) is 5.29. The van der Waals surface area contributed by atoms with Gasteiger partial charge >= 0.3 is 0 Å². The summed E-state index contributed by atoms with van der Waals surface area (Å²) in [5, 5.41) is 7.23. The predicted octanol–water partition coefficient (Wildman–Crippen LogP) is 3.04. The molecule has 0 spiro atoms. The van der Waals surface area contributed by atoms with Gasteiger partial charge in [0, 0.05) is 0 Å². The molecule has 0 fully saturated rings. The van der Waals surface area contributed by atoms with Crippen molar-refractivity contribution in [2.45, 2.75) is 0 Å². The zero-order valence-corrected chi connectivity index (χ0v) is 11.8. The number of hydrogen-bond donors (Lipinski definition) is 2. The number of halogens is 2. The summed E-state index contributed by atoms with van der Waals surface area (Å²) in [6.07, 6.45) is 1.44. The molecule has 0 saturated heterocycles. The van der Waals surface area contributed by atoms with Crippen LogP contribution in [0.5, 0.6) is 0 Å². The highest BCUT2D eigenvalue weighted by Crippen LogP contribution is 2.19. The molecule has 2 aromatic carbocycles. The lowest BCUT2D eigenvalue weighted by atomic mass is 10.2. The van der Waals surface area contributed by atoms with Crippen LogP contribution in [0.15, 0.2) is 53.6 Å². The first kappa shape index (κ1) is 15.0. The number of benzene rings is 2. The van der Waals surface area contributed by atoms with Crippen LogP contribution in [0, 0.1) is 5.82 Å². The van der Waals surface area contributed by atoms with E-state index >= 15 is 0 Å². The molecule has 0 radical (unpaired) electrons. The van der Waals surface area contributed by atoms with E-state index in [0.717, 1.165) is 0 Å². The lowest BCUT2D eigenvalue weighted by Gasteiger charge is -2.06. The second-order valence-electron chi connectivity index (χ2n) is 4.18. The zero-order chi connectivity index (χ0) is 15.1. The standard InChI is InChI=1S/C15H13ClFN3O/c16-13-3-1-2-4-14(13)18-10-15(21)20-19-9-11-5-7-12(17)8-6-11/h1-9,18H,10H2,(H,20,21)/b19-9+. The largest absolute Gasteiger partial charge is 0.375 e. The quantitative estimate of drug-likeness (QED) is 0.659. The van der Waals surface area contributed by atoms with Gasteiger partial charge in [-0.2, -0.15) is 5.10 Å². The number of nitrogens with one attached hydrogen (secondary N) is 2. The van der Waals surface area contributed by atoms with Gasteiger partial charge in [0.25, 0.3) is 5.91 Å². The SMILES string of the molecule is O=C(CNc1ccccc1Cl)N/N=C/c1ccc(F)cc1. The maximum atomic E-state index is 12.7. The first-order chi connectivity index (χ1) is 10.1. The highest BCUT2D eigenvalue weighted by molar-refractivity contribution is 6.33. The summed E-state index contributed by atoms with van der Waals surface area (Å²) in [7, 11) is 0. The van der Waals surface area contributed by atoms with Gasteiger partial charge in [-0.25, -0.2) is 9.82 Å². The normalized spacial score (nSPS) is 10.6. The van der Waals surface area contributed by atoms with Gasteiger partial charge in [-0.3, -0.25) is 4.79 Å². The fourth-order valence-corrected chi connectivity index (χ4v) is 1.75. The molecule has 0 aliphatic heterocycles. The molecule has 108 valence electrons. The molecular weight excluding hydrogens is 293 g/mol. The van der Waals surface area contributed by atoms with E-state index in [1.54, 1.807) is 30.3 Å². The molecule has 0 saturated carbocycles. The van der Waals surface area contributed by atoms with Gasteiger partial charge in [0.15, 0.2) is 0 Å². The average Bonchev–Trinajstić information content (AvgIpc) is 2.48. The van der Waals surface area contributed by atoms with E-state index in [0.29, 0.717) is 16.3 Å². The van der Waals surface area contributed by atoms with Gasteiger partial charge in [0.2, 0.25) is 0 Å². The van der Waals surface area contributed by atoms with Crippen molar-refractivity contribution in [2.75, 3.05) is 11.9 Å². The number of carbonyl (C=O) groups excluding carboxylic acids is 1.